The van der Waals surface area contributed by atoms with Gasteiger partial charge in [-0.15, -0.1) is 0 Å². The lowest BCUT2D eigenvalue weighted by molar-refractivity contribution is -1.92. The number of rotatable bonds is 3. The number of halogens is 1. The molecule has 3 rings (SSSR count). The minimum Gasteiger partial charge on any atom is -0.311 e. The second-order valence-electron chi connectivity index (χ2n) is 4.74. The summed E-state index contributed by atoms with van der Waals surface area (Å²) in [6.45, 7) is 0. The molecule has 24 heavy (non-hydrogen) atoms. The van der Waals surface area contributed by atoms with Gasteiger partial charge in [0.2, 0.25) is 0 Å². The van der Waals surface area contributed by atoms with Crippen molar-refractivity contribution in [2.75, 3.05) is 4.90 Å². The van der Waals surface area contributed by atoms with Crippen molar-refractivity contribution in [3.8, 4) is 0 Å². The van der Waals surface area contributed by atoms with Gasteiger partial charge in [-0.2, -0.15) is 14.0 Å². The number of hydrogen-bond donors (Lipinski definition) is 1. The SMILES string of the molecule is [O-][Cl+3]([O-])([O-])O.c1ccc(N(c2ccccc2)c2ccccc2)cc1. The Morgan fingerprint density at radius 2 is 0.750 bits per heavy atom. The smallest absolute Gasteiger partial charge is 0.0777 e. The fraction of sp³-hybridized carbons (Fsp3) is 0. The van der Waals surface area contributed by atoms with Crippen molar-refractivity contribution in [3.63, 3.8) is 0 Å². The number of hydrogen-bond acceptors (Lipinski definition) is 5. The van der Waals surface area contributed by atoms with Crippen molar-refractivity contribution >= 4 is 17.1 Å². The molecule has 0 aliphatic rings. The summed E-state index contributed by atoms with van der Waals surface area (Å²) in [4.78, 5) is 2.25. The minimum atomic E-state index is -4.69. The number of benzene rings is 3. The third-order valence-electron chi connectivity index (χ3n) is 3.04. The first kappa shape index (κ1) is 17.9. The van der Waals surface area contributed by atoms with Crippen LogP contribution >= 0.6 is 0 Å². The van der Waals surface area contributed by atoms with Gasteiger partial charge in [0, 0.05) is 17.1 Å². The summed E-state index contributed by atoms with van der Waals surface area (Å²) in [5.41, 5.74) is 3.50. The summed E-state index contributed by atoms with van der Waals surface area (Å²) in [5.74, 6) is 0. The summed E-state index contributed by atoms with van der Waals surface area (Å²) in [7, 11) is -4.69. The van der Waals surface area contributed by atoms with E-state index < -0.39 is 10.2 Å². The average molecular weight is 346 g/mol. The standard InChI is InChI=1S/C18H15N.ClHO4/c1-4-10-16(11-5-1)19(17-12-6-2-7-13-17)18-14-8-3-9-15-18;2-1(3,4)5/h1-15H;(H,2,3,4,5). The zero-order chi connectivity index (χ0) is 17.4. The summed E-state index contributed by atoms with van der Waals surface area (Å²) in [5, 5.41) is 0. The van der Waals surface area contributed by atoms with Crippen LogP contribution in [0.5, 0.6) is 0 Å². The van der Waals surface area contributed by atoms with Crippen molar-refractivity contribution in [2.45, 2.75) is 0 Å². The Morgan fingerprint density at radius 1 is 0.542 bits per heavy atom. The molecule has 0 saturated heterocycles. The normalized spacial score (nSPS) is 10.5. The highest BCUT2D eigenvalue weighted by molar-refractivity contribution is 5.76. The molecule has 0 unspecified atom stereocenters. The van der Waals surface area contributed by atoms with Crippen LogP contribution in [0.2, 0.25) is 0 Å². The summed E-state index contributed by atoms with van der Waals surface area (Å²) in [6.07, 6.45) is 0. The molecule has 0 aromatic heterocycles. The maximum atomic E-state index is 8.60. The molecule has 1 N–H and O–H groups in total. The third kappa shape index (κ3) is 6.00. The number of anilines is 3. The van der Waals surface area contributed by atoms with Crippen LogP contribution in [0.3, 0.4) is 0 Å². The highest BCUT2D eigenvalue weighted by Gasteiger charge is 2.10. The van der Waals surface area contributed by atoms with Gasteiger partial charge in [0.05, 0.1) is 14.9 Å². The van der Waals surface area contributed by atoms with Gasteiger partial charge in [-0.1, -0.05) is 54.6 Å². The fourth-order valence-electron chi connectivity index (χ4n) is 2.18. The van der Waals surface area contributed by atoms with Gasteiger partial charge < -0.3 is 4.90 Å². The van der Waals surface area contributed by atoms with Crippen molar-refractivity contribution in [1.82, 2.24) is 0 Å². The van der Waals surface area contributed by atoms with Crippen molar-refractivity contribution in [1.29, 1.82) is 0 Å². The molecule has 124 valence electrons. The van der Waals surface area contributed by atoms with Crippen LogP contribution in [0, 0.1) is 10.2 Å². The average Bonchev–Trinajstić information content (AvgIpc) is 2.57. The highest BCUT2D eigenvalue weighted by Crippen LogP contribution is 2.33. The molecule has 0 atom stereocenters. The molecule has 0 saturated carbocycles. The second kappa shape index (κ2) is 8.44. The van der Waals surface area contributed by atoms with Crippen LogP contribution < -0.4 is 18.9 Å². The Kier molecular flexibility index (Phi) is 6.31. The Balaban J connectivity index is 0.000000368. The van der Waals surface area contributed by atoms with E-state index in [2.05, 4.69) is 77.7 Å². The predicted octanol–water partition coefficient (Wildman–Crippen LogP) is 1.03. The molecule has 0 aliphatic carbocycles. The Labute approximate surface area is 142 Å². The third-order valence-corrected chi connectivity index (χ3v) is 3.04. The molecule has 0 aliphatic heterocycles. The lowest BCUT2D eigenvalue weighted by Gasteiger charge is -2.25. The first-order valence-corrected chi connectivity index (χ1v) is 8.30. The minimum absolute atomic E-state index is 1.17. The Morgan fingerprint density at radius 3 is 0.958 bits per heavy atom. The van der Waals surface area contributed by atoms with Crippen molar-refractivity contribution < 1.29 is 28.9 Å². The lowest BCUT2D eigenvalue weighted by atomic mass is 10.2. The second-order valence-corrected chi connectivity index (χ2v) is 5.53. The van der Waals surface area contributed by atoms with E-state index in [9.17, 15) is 0 Å². The zero-order valence-corrected chi connectivity index (χ0v) is 13.4. The molecule has 0 heterocycles. The summed E-state index contributed by atoms with van der Waals surface area (Å²) in [6, 6.07) is 31.3. The molecule has 0 amide bonds. The van der Waals surface area contributed by atoms with E-state index in [0.717, 1.165) is 0 Å². The molecule has 3 aromatic carbocycles. The fourth-order valence-corrected chi connectivity index (χ4v) is 2.18. The van der Waals surface area contributed by atoms with Crippen molar-refractivity contribution in [2.24, 2.45) is 0 Å². The van der Waals surface area contributed by atoms with Gasteiger partial charge >= 0.3 is 0 Å². The first-order valence-electron chi connectivity index (χ1n) is 7.03. The number of nitrogens with zero attached hydrogens (tertiary/aromatic N) is 1. The van der Waals surface area contributed by atoms with E-state index in [1.807, 2.05) is 18.2 Å². The van der Waals surface area contributed by atoms with E-state index >= 15 is 0 Å². The van der Waals surface area contributed by atoms with Crippen molar-refractivity contribution in [3.05, 3.63) is 91.0 Å². The molecule has 0 radical (unpaired) electrons. The maximum Gasteiger partial charge on any atom is 0.0777 e. The molecular weight excluding hydrogens is 330 g/mol. The molecular formula is C18H16ClNO4. The van der Waals surface area contributed by atoms with Gasteiger partial charge in [0.25, 0.3) is 0 Å². The topological polar surface area (TPSA) is 92.6 Å². The van der Waals surface area contributed by atoms with E-state index in [1.165, 1.54) is 17.1 Å². The van der Waals surface area contributed by atoms with Crippen LogP contribution in [0.1, 0.15) is 0 Å². The quantitative estimate of drug-likeness (QED) is 0.765. The molecule has 0 fully saturated rings. The van der Waals surface area contributed by atoms with E-state index in [-0.39, 0.29) is 0 Å². The van der Waals surface area contributed by atoms with E-state index in [1.54, 1.807) is 0 Å². The van der Waals surface area contributed by atoms with Gasteiger partial charge in [-0.25, -0.2) is 0 Å². The Hall–Kier alpha value is -2.41. The van der Waals surface area contributed by atoms with Gasteiger partial charge in [-0.05, 0) is 36.4 Å². The zero-order valence-electron chi connectivity index (χ0n) is 12.7. The largest absolute Gasteiger partial charge is 0.311 e. The first-order chi connectivity index (χ1) is 11.4. The lowest BCUT2D eigenvalue weighted by Crippen LogP contribution is -2.58. The molecule has 6 heteroatoms. The molecule has 0 spiro atoms. The monoisotopic (exact) mass is 345 g/mol. The maximum absolute atomic E-state index is 8.60. The summed E-state index contributed by atoms with van der Waals surface area (Å²) >= 11 is 0. The van der Waals surface area contributed by atoms with Crippen LogP contribution in [0.4, 0.5) is 17.1 Å². The Bertz CT molecular complexity index is 618. The molecule has 3 aromatic rings. The van der Waals surface area contributed by atoms with E-state index in [4.69, 9.17) is 18.6 Å². The predicted molar refractivity (Wildman–Crippen MR) is 83.3 cm³/mol. The van der Waals surface area contributed by atoms with Gasteiger partial charge in [0.15, 0.2) is 0 Å². The number of para-hydroxylation sites is 3. The van der Waals surface area contributed by atoms with E-state index in [0.29, 0.717) is 0 Å². The van der Waals surface area contributed by atoms with Crippen LogP contribution in [0.25, 0.3) is 0 Å². The summed E-state index contributed by atoms with van der Waals surface area (Å²) < 4.78 is 32.7. The van der Waals surface area contributed by atoms with Crippen LogP contribution in [-0.2, 0) is 0 Å². The van der Waals surface area contributed by atoms with Gasteiger partial charge in [0.1, 0.15) is 0 Å². The molecule has 5 nitrogen and oxygen atoms in total. The van der Waals surface area contributed by atoms with Gasteiger partial charge in [-0.3, -0.25) is 0 Å². The van der Waals surface area contributed by atoms with Crippen LogP contribution in [-0.4, -0.2) is 4.66 Å². The van der Waals surface area contributed by atoms with Crippen LogP contribution in [0.15, 0.2) is 91.0 Å². The highest BCUT2D eigenvalue weighted by atomic mass is 35.7. The molecule has 0 bridgehead atoms.